The van der Waals surface area contributed by atoms with Crippen LogP contribution in [0.5, 0.6) is 0 Å². The van der Waals surface area contributed by atoms with Crippen LogP contribution in [0, 0.1) is 23.0 Å². The Balaban J connectivity index is 1.73. The van der Waals surface area contributed by atoms with Crippen molar-refractivity contribution in [3.8, 4) is 11.4 Å². The summed E-state index contributed by atoms with van der Waals surface area (Å²) in [5.41, 5.74) is 0.606. The van der Waals surface area contributed by atoms with Gasteiger partial charge in [-0.1, -0.05) is 88.4 Å². The second-order valence-electron chi connectivity index (χ2n) is 13.7. The number of alkyl carbamates (subject to hydrolysis) is 1. The van der Waals surface area contributed by atoms with E-state index in [0.29, 0.717) is 0 Å². The van der Waals surface area contributed by atoms with Gasteiger partial charge in [-0.3, -0.25) is 9.59 Å². The summed E-state index contributed by atoms with van der Waals surface area (Å²) in [5, 5.41) is 7.09. The van der Waals surface area contributed by atoms with Crippen LogP contribution >= 0.6 is 0 Å². The number of rotatable bonds is 15. The summed E-state index contributed by atoms with van der Waals surface area (Å²) in [5.74, 6) is -3.42. The lowest BCUT2D eigenvalue weighted by molar-refractivity contribution is -0.161. The Morgan fingerprint density at radius 1 is 0.962 bits per heavy atom. The molecule has 0 radical (unpaired) electrons. The van der Waals surface area contributed by atoms with E-state index in [4.69, 9.17) is 14.5 Å². The fourth-order valence-electron chi connectivity index (χ4n) is 5.94. The van der Waals surface area contributed by atoms with Gasteiger partial charge in [0.25, 0.3) is 5.91 Å². The lowest BCUT2D eigenvalue weighted by atomic mass is 9.83. The topological polar surface area (TPSA) is 116 Å². The molecule has 0 fully saturated rings. The van der Waals surface area contributed by atoms with Crippen molar-refractivity contribution in [3.05, 3.63) is 107 Å². The number of benzene rings is 3. The molecular weight excluding hydrogens is 675 g/mol. The zero-order valence-electron chi connectivity index (χ0n) is 30.3. The molecule has 0 bridgehead atoms. The molecule has 0 aliphatic carbocycles. The van der Waals surface area contributed by atoms with E-state index in [1.165, 1.54) is 23.4 Å². The molecule has 2 amide bonds. The number of carbonyl (C=O) groups is 3. The van der Waals surface area contributed by atoms with Crippen molar-refractivity contribution in [2.24, 2.45) is 11.3 Å². The number of hydrogen-bond donors (Lipinski definition) is 1. The maximum atomic E-state index is 16.1. The maximum absolute atomic E-state index is 16.1. The third-order valence-corrected chi connectivity index (χ3v) is 8.52. The van der Waals surface area contributed by atoms with Crippen molar-refractivity contribution in [2.75, 3.05) is 13.1 Å². The largest absolute Gasteiger partial charge is 0.453 e. The molecule has 10 nitrogen and oxygen atoms in total. The molecule has 1 aromatic heterocycles. The summed E-state index contributed by atoms with van der Waals surface area (Å²) in [7, 11) is 0. The first kappa shape index (κ1) is 39.6. The molecule has 0 unspecified atom stereocenters. The SMILES string of the molecule is CC[C@@H](CN(C(=O)[C@H](C)OC(C)=O)[C@@H](c1nc(-c2cc(F)ccc2F)nn1Cc1ccccc1)C(C)(C)C)[C@@H](F)CNC(=O)OCc1ccccc1. The van der Waals surface area contributed by atoms with Crippen LogP contribution < -0.4 is 5.32 Å². The molecule has 1 N–H and O–H groups in total. The number of carbonyl (C=O) groups excluding carboxylic acids is 3. The van der Waals surface area contributed by atoms with E-state index in [0.717, 1.165) is 29.3 Å². The molecule has 0 saturated carbocycles. The average molecular weight is 722 g/mol. The highest BCUT2D eigenvalue weighted by Gasteiger charge is 2.42. The molecule has 0 saturated heterocycles. The van der Waals surface area contributed by atoms with Gasteiger partial charge < -0.3 is 19.7 Å². The third-order valence-electron chi connectivity index (χ3n) is 8.52. The second-order valence-corrected chi connectivity index (χ2v) is 13.7. The van der Waals surface area contributed by atoms with E-state index in [-0.39, 0.29) is 49.9 Å². The molecule has 4 atom stereocenters. The highest BCUT2D eigenvalue weighted by Crippen LogP contribution is 2.40. The molecule has 278 valence electrons. The van der Waals surface area contributed by atoms with E-state index in [1.807, 2.05) is 69.3 Å². The average Bonchev–Trinajstić information content (AvgIpc) is 3.50. The van der Waals surface area contributed by atoms with Crippen LogP contribution in [0.15, 0.2) is 78.9 Å². The Labute approximate surface area is 302 Å². The Morgan fingerprint density at radius 3 is 2.19 bits per heavy atom. The van der Waals surface area contributed by atoms with Gasteiger partial charge in [-0.15, -0.1) is 0 Å². The summed E-state index contributed by atoms with van der Waals surface area (Å²) in [6, 6.07) is 20.4. The summed E-state index contributed by atoms with van der Waals surface area (Å²) >= 11 is 0. The molecule has 1 heterocycles. The highest BCUT2D eigenvalue weighted by molar-refractivity contribution is 5.83. The van der Waals surface area contributed by atoms with Crippen molar-refractivity contribution in [1.29, 1.82) is 0 Å². The molecule has 0 aliphatic heterocycles. The number of alkyl halides is 1. The van der Waals surface area contributed by atoms with Gasteiger partial charge >= 0.3 is 12.1 Å². The molecule has 4 rings (SSSR count). The molecule has 3 aromatic carbocycles. The van der Waals surface area contributed by atoms with Crippen molar-refractivity contribution in [2.45, 2.75) is 79.4 Å². The monoisotopic (exact) mass is 721 g/mol. The molecule has 0 aliphatic rings. The van der Waals surface area contributed by atoms with E-state index in [1.54, 1.807) is 19.1 Å². The van der Waals surface area contributed by atoms with Crippen molar-refractivity contribution in [3.63, 3.8) is 0 Å². The first-order valence-electron chi connectivity index (χ1n) is 17.2. The Morgan fingerprint density at radius 2 is 1.60 bits per heavy atom. The number of ether oxygens (including phenoxy) is 2. The fourth-order valence-corrected chi connectivity index (χ4v) is 5.94. The normalized spacial score (nSPS) is 13.8. The zero-order valence-corrected chi connectivity index (χ0v) is 30.3. The Hall–Kier alpha value is -5.20. The van der Waals surface area contributed by atoms with Crippen molar-refractivity contribution < 1.29 is 37.0 Å². The quantitative estimate of drug-likeness (QED) is 0.127. The van der Waals surface area contributed by atoms with E-state index >= 15 is 8.78 Å². The summed E-state index contributed by atoms with van der Waals surface area (Å²) < 4.78 is 57.6. The Bertz CT molecular complexity index is 1800. The number of halogens is 3. The standard InChI is InChI=1S/C39H46F3N5O5/c1-7-29(33(42)21-43-38(50)51-24-28-16-12-9-13-17-28)23-46(37(49)25(2)52-26(3)48)34(39(4,5)6)36-44-35(31-20-30(40)18-19-32(31)41)45-47(36)22-27-14-10-8-11-15-27/h8-20,25,29,33-34H,7,21-24H2,1-6H3,(H,43,50)/t25-,29-,33-,34-/m0/s1. The predicted octanol–water partition coefficient (Wildman–Crippen LogP) is 7.43. The zero-order chi connectivity index (χ0) is 38.0. The smallest absolute Gasteiger partial charge is 0.407 e. The molecular formula is C39H46F3N5O5. The lowest BCUT2D eigenvalue weighted by Crippen LogP contribution is -2.50. The number of amides is 2. The molecule has 0 spiro atoms. The fraction of sp³-hybridized carbons (Fsp3) is 0.410. The van der Waals surface area contributed by atoms with E-state index < -0.39 is 59.3 Å². The molecule has 13 heteroatoms. The van der Waals surface area contributed by atoms with Crippen LogP contribution in [-0.4, -0.2) is 63.0 Å². The van der Waals surface area contributed by atoms with Crippen LogP contribution in [0.1, 0.15) is 71.0 Å². The number of nitrogens with one attached hydrogen (secondary N) is 1. The van der Waals surface area contributed by atoms with Crippen LogP contribution in [0.3, 0.4) is 0 Å². The second kappa shape index (κ2) is 17.8. The van der Waals surface area contributed by atoms with E-state index in [2.05, 4.69) is 10.4 Å². The van der Waals surface area contributed by atoms with Crippen molar-refractivity contribution >= 4 is 18.0 Å². The minimum Gasteiger partial charge on any atom is -0.453 e. The molecule has 52 heavy (non-hydrogen) atoms. The minimum absolute atomic E-state index is 0.00951. The van der Waals surface area contributed by atoms with Gasteiger partial charge in [0.2, 0.25) is 0 Å². The highest BCUT2D eigenvalue weighted by atomic mass is 19.1. The van der Waals surface area contributed by atoms with Crippen molar-refractivity contribution in [1.82, 2.24) is 25.0 Å². The number of nitrogens with zero attached hydrogens (tertiary/aromatic N) is 4. The van der Waals surface area contributed by atoms with Gasteiger partial charge in [0.1, 0.15) is 24.4 Å². The maximum Gasteiger partial charge on any atom is 0.407 e. The third kappa shape index (κ3) is 10.7. The minimum atomic E-state index is -1.62. The predicted molar refractivity (Wildman–Crippen MR) is 189 cm³/mol. The van der Waals surface area contributed by atoms with Crippen LogP contribution in [0.25, 0.3) is 11.4 Å². The number of esters is 1. The van der Waals surface area contributed by atoms with Crippen LogP contribution in [0.4, 0.5) is 18.0 Å². The summed E-state index contributed by atoms with van der Waals surface area (Å²) in [6.07, 6.45) is -3.40. The van der Waals surface area contributed by atoms with Gasteiger partial charge in [0, 0.05) is 19.4 Å². The summed E-state index contributed by atoms with van der Waals surface area (Å²) in [4.78, 5) is 44.9. The van der Waals surface area contributed by atoms with Gasteiger partial charge in [-0.05, 0) is 48.1 Å². The molecule has 4 aromatic rings. The Kier molecular flexibility index (Phi) is 13.6. The first-order chi connectivity index (χ1) is 24.7. The van der Waals surface area contributed by atoms with Crippen LogP contribution in [-0.2, 0) is 32.2 Å². The van der Waals surface area contributed by atoms with Gasteiger partial charge in [-0.25, -0.2) is 27.6 Å². The van der Waals surface area contributed by atoms with Gasteiger partial charge in [0.15, 0.2) is 17.8 Å². The van der Waals surface area contributed by atoms with Crippen LogP contribution in [0.2, 0.25) is 0 Å². The summed E-state index contributed by atoms with van der Waals surface area (Å²) in [6.45, 7) is 9.55. The first-order valence-corrected chi connectivity index (χ1v) is 17.2. The number of hydrogen-bond acceptors (Lipinski definition) is 7. The number of aromatic nitrogens is 3. The van der Waals surface area contributed by atoms with Gasteiger partial charge in [0.05, 0.1) is 24.7 Å². The van der Waals surface area contributed by atoms with E-state index in [9.17, 15) is 18.8 Å². The van der Waals surface area contributed by atoms with Gasteiger partial charge in [-0.2, -0.15) is 5.10 Å². The lowest BCUT2D eigenvalue weighted by Gasteiger charge is -2.42.